The minimum Gasteiger partial charge on any atom is -0.206 e. The summed E-state index contributed by atoms with van der Waals surface area (Å²) in [5.74, 6) is 0.0243. The molecule has 0 heterocycles. The fourth-order valence-electron chi connectivity index (χ4n) is 3.46. The van der Waals surface area contributed by atoms with Gasteiger partial charge in [-0.3, -0.25) is 0 Å². The molecule has 0 radical (unpaired) electrons. The molecule has 2 aromatic rings. The number of aryl methyl sites for hydroxylation is 2. The maximum absolute atomic E-state index is 13.6. The number of halogens is 1. The molecule has 0 N–H and O–H groups in total. The summed E-state index contributed by atoms with van der Waals surface area (Å²) >= 11 is 0. The van der Waals surface area contributed by atoms with Crippen molar-refractivity contribution in [1.82, 2.24) is 0 Å². The zero-order valence-electron chi connectivity index (χ0n) is 14.8. The van der Waals surface area contributed by atoms with E-state index in [4.69, 9.17) is 5.26 Å². The van der Waals surface area contributed by atoms with Crippen LogP contribution in [0.15, 0.2) is 30.3 Å². The van der Waals surface area contributed by atoms with Crippen LogP contribution >= 0.6 is 0 Å². The first kappa shape index (κ1) is 17.2. The minimum atomic E-state index is -0.462. The van der Waals surface area contributed by atoms with E-state index in [0.29, 0.717) is 5.92 Å². The normalized spacial score (nSPS) is 11.6. The Kier molecular flexibility index (Phi) is 4.61. The third-order valence-electron chi connectivity index (χ3n) is 4.66. The molecule has 0 unspecified atom stereocenters. The lowest BCUT2D eigenvalue weighted by molar-refractivity contribution is 0.607. The van der Waals surface area contributed by atoms with E-state index in [-0.39, 0.29) is 11.0 Å². The molecular formula is C21H24FN. The van der Waals surface area contributed by atoms with Crippen LogP contribution in [-0.2, 0) is 5.41 Å². The van der Waals surface area contributed by atoms with E-state index >= 15 is 0 Å². The summed E-state index contributed by atoms with van der Waals surface area (Å²) in [4.78, 5) is 0. The van der Waals surface area contributed by atoms with Crippen molar-refractivity contribution >= 4 is 0 Å². The quantitative estimate of drug-likeness (QED) is 0.706. The fourth-order valence-corrected chi connectivity index (χ4v) is 3.46. The van der Waals surface area contributed by atoms with E-state index < -0.39 is 5.82 Å². The molecule has 0 amide bonds. The van der Waals surface area contributed by atoms with Crippen LogP contribution in [-0.4, -0.2) is 0 Å². The average Bonchev–Trinajstić information content (AvgIpc) is 2.46. The van der Waals surface area contributed by atoms with E-state index in [9.17, 15) is 4.39 Å². The highest BCUT2D eigenvalue weighted by Crippen LogP contribution is 2.37. The lowest BCUT2D eigenvalue weighted by Crippen LogP contribution is -2.22. The van der Waals surface area contributed by atoms with E-state index in [0.717, 1.165) is 5.56 Å². The maximum Gasteiger partial charge on any atom is 0.140 e. The van der Waals surface area contributed by atoms with Gasteiger partial charge in [-0.1, -0.05) is 45.9 Å². The van der Waals surface area contributed by atoms with Crippen LogP contribution in [0.3, 0.4) is 0 Å². The van der Waals surface area contributed by atoms with Gasteiger partial charge in [-0.15, -0.1) is 0 Å². The maximum atomic E-state index is 13.6. The predicted octanol–water partition coefficient (Wildman–Crippen LogP) is 5.76. The summed E-state index contributed by atoms with van der Waals surface area (Å²) in [6.45, 7) is 12.9. The molecule has 0 aromatic heterocycles. The fraction of sp³-hybridized carbons (Fsp3) is 0.381. The van der Waals surface area contributed by atoms with Gasteiger partial charge in [0.2, 0.25) is 0 Å². The van der Waals surface area contributed by atoms with E-state index in [1.807, 2.05) is 6.07 Å². The van der Waals surface area contributed by atoms with Crippen molar-refractivity contribution in [2.45, 2.75) is 52.9 Å². The smallest absolute Gasteiger partial charge is 0.140 e. The Morgan fingerprint density at radius 3 is 2.09 bits per heavy atom. The molecule has 0 bridgehead atoms. The molecule has 23 heavy (non-hydrogen) atoms. The molecule has 2 aromatic carbocycles. The summed E-state index contributed by atoms with van der Waals surface area (Å²) in [7, 11) is 0. The van der Waals surface area contributed by atoms with Crippen molar-refractivity contribution in [2.24, 2.45) is 0 Å². The number of rotatable bonds is 3. The molecule has 0 fully saturated rings. The SMILES string of the molecule is Cc1cc(C(C)C)cc(C)c1C(C)(C)c1ccc(F)c(C#N)c1. The van der Waals surface area contributed by atoms with E-state index in [2.05, 4.69) is 53.7 Å². The molecule has 0 saturated carbocycles. The highest BCUT2D eigenvalue weighted by molar-refractivity contribution is 5.50. The van der Waals surface area contributed by atoms with Crippen LogP contribution in [0.25, 0.3) is 0 Å². The number of hydrogen-bond acceptors (Lipinski definition) is 1. The summed E-state index contributed by atoms with van der Waals surface area (Å²) in [6.07, 6.45) is 0. The van der Waals surface area contributed by atoms with Crippen molar-refractivity contribution in [2.75, 3.05) is 0 Å². The average molecular weight is 309 g/mol. The van der Waals surface area contributed by atoms with Crippen LogP contribution in [0.5, 0.6) is 0 Å². The molecule has 1 nitrogen and oxygen atoms in total. The van der Waals surface area contributed by atoms with Gasteiger partial charge >= 0.3 is 0 Å². The highest BCUT2D eigenvalue weighted by Gasteiger charge is 2.28. The number of benzene rings is 2. The Bertz CT molecular complexity index is 756. The Morgan fingerprint density at radius 1 is 1.04 bits per heavy atom. The minimum absolute atomic E-state index is 0.102. The van der Waals surface area contributed by atoms with E-state index in [1.54, 1.807) is 12.1 Å². The molecule has 2 rings (SSSR count). The van der Waals surface area contributed by atoms with Crippen molar-refractivity contribution in [3.05, 3.63) is 69.5 Å². The van der Waals surface area contributed by atoms with Gasteiger partial charge in [-0.2, -0.15) is 5.26 Å². The summed E-state index contributed by atoms with van der Waals surface area (Å²) < 4.78 is 13.6. The monoisotopic (exact) mass is 309 g/mol. The molecule has 0 aliphatic heterocycles. The van der Waals surface area contributed by atoms with Gasteiger partial charge in [-0.25, -0.2) is 4.39 Å². The predicted molar refractivity (Wildman–Crippen MR) is 93.2 cm³/mol. The zero-order chi connectivity index (χ0) is 17.4. The first-order chi connectivity index (χ1) is 10.7. The second-order valence-electron chi connectivity index (χ2n) is 7.12. The third-order valence-corrected chi connectivity index (χ3v) is 4.66. The van der Waals surface area contributed by atoms with Crippen molar-refractivity contribution < 1.29 is 4.39 Å². The third kappa shape index (κ3) is 3.15. The van der Waals surface area contributed by atoms with Gasteiger partial charge in [0.05, 0.1) is 5.56 Å². The number of hydrogen-bond donors (Lipinski definition) is 0. The lowest BCUT2D eigenvalue weighted by Gasteiger charge is -2.31. The van der Waals surface area contributed by atoms with Gasteiger partial charge in [0.25, 0.3) is 0 Å². The molecular weight excluding hydrogens is 285 g/mol. The second-order valence-corrected chi connectivity index (χ2v) is 7.12. The standard InChI is InChI=1S/C21H24FN/c1-13(2)16-9-14(3)20(15(4)10-16)21(5,6)18-7-8-19(22)17(11-18)12-23/h7-11,13H,1-6H3. The van der Waals surface area contributed by atoms with Crippen LogP contribution in [0, 0.1) is 31.0 Å². The van der Waals surface area contributed by atoms with Gasteiger partial charge < -0.3 is 0 Å². The highest BCUT2D eigenvalue weighted by atomic mass is 19.1. The first-order valence-electron chi connectivity index (χ1n) is 8.00. The molecule has 0 saturated heterocycles. The largest absolute Gasteiger partial charge is 0.206 e. The Morgan fingerprint density at radius 2 is 1.61 bits per heavy atom. The molecule has 0 aliphatic carbocycles. The number of nitrogens with zero attached hydrogens (tertiary/aromatic N) is 1. The van der Waals surface area contributed by atoms with Crippen LogP contribution < -0.4 is 0 Å². The first-order valence-corrected chi connectivity index (χ1v) is 8.00. The molecule has 0 spiro atoms. The Labute approximate surface area is 138 Å². The van der Waals surface area contributed by atoms with Crippen LogP contribution in [0.4, 0.5) is 4.39 Å². The van der Waals surface area contributed by atoms with Gasteiger partial charge in [-0.05, 0) is 59.7 Å². The molecule has 0 atom stereocenters. The van der Waals surface area contributed by atoms with Crippen LogP contribution in [0.2, 0.25) is 0 Å². The van der Waals surface area contributed by atoms with Gasteiger partial charge in [0, 0.05) is 5.41 Å². The van der Waals surface area contributed by atoms with Crippen molar-refractivity contribution in [3.63, 3.8) is 0 Å². The molecule has 2 heteroatoms. The van der Waals surface area contributed by atoms with Gasteiger partial charge in [0.1, 0.15) is 11.9 Å². The van der Waals surface area contributed by atoms with Gasteiger partial charge in [0.15, 0.2) is 0 Å². The van der Waals surface area contributed by atoms with Crippen molar-refractivity contribution in [1.29, 1.82) is 5.26 Å². The Balaban J connectivity index is 2.63. The van der Waals surface area contributed by atoms with Crippen LogP contribution in [0.1, 0.15) is 67.0 Å². The summed E-state index contributed by atoms with van der Waals surface area (Å²) in [5, 5.41) is 9.10. The molecule has 0 aliphatic rings. The Hall–Kier alpha value is -2.14. The number of nitriles is 1. The van der Waals surface area contributed by atoms with Crippen molar-refractivity contribution in [3.8, 4) is 6.07 Å². The lowest BCUT2D eigenvalue weighted by atomic mass is 9.73. The molecule has 120 valence electrons. The summed E-state index contributed by atoms with van der Waals surface area (Å²) in [5.41, 5.74) is 5.82. The van der Waals surface area contributed by atoms with E-state index in [1.165, 1.54) is 28.3 Å². The summed E-state index contributed by atoms with van der Waals surface area (Å²) in [6, 6.07) is 11.3. The second kappa shape index (κ2) is 6.16. The topological polar surface area (TPSA) is 23.8 Å². The zero-order valence-corrected chi connectivity index (χ0v) is 14.8.